The molecule has 1 aliphatic rings. The van der Waals surface area contributed by atoms with Gasteiger partial charge < -0.3 is 9.73 Å². The molecule has 3 heterocycles. The van der Waals surface area contributed by atoms with E-state index in [9.17, 15) is 9.59 Å². The SMILES string of the molecule is O=C(CSc1nc2c(oc3ccccc32)c(=O)n1C1CCCC1)Nc1nccs1. The third-order valence-electron chi connectivity index (χ3n) is 5.10. The molecular weight excluding hydrogens is 408 g/mol. The summed E-state index contributed by atoms with van der Waals surface area (Å²) in [5.74, 6) is -0.0191. The van der Waals surface area contributed by atoms with E-state index in [-0.39, 0.29) is 28.8 Å². The number of thiazole rings is 1. The Balaban J connectivity index is 1.54. The Morgan fingerprint density at radius 2 is 2.14 bits per heavy atom. The minimum Gasteiger partial charge on any atom is -0.448 e. The Labute approximate surface area is 174 Å². The van der Waals surface area contributed by atoms with Crippen LogP contribution in [0, 0.1) is 0 Å². The molecule has 1 fully saturated rings. The van der Waals surface area contributed by atoms with E-state index in [2.05, 4.69) is 10.3 Å². The zero-order chi connectivity index (χ0) is 19.8. The van der Waals surface area contributed by atoms with Crippen molar-refractivity contribution < 1.29 is 9.21 Å². The molecule has 3 aromatic heterocycles. The average molecular weight is 427 g/mol. The normalized spacial score (nSPS) is 14.8. The number of para-hydroxylation sites is 1. The van der Waals surface area contributed by atoms with Gasteiger partial charge in [-0.15, -0.1) is 11.3 Å². The molecule has 1 N–H and O–H groups in total. The second-order valence-corrected chi connectivity index (χ2v) is 8.79. The Morgan fingerprint density at radius 1 is 1.31 bits per heavy atom. The summed E-state index contributed by atoms with van der Waals surface area (Å²) in [5, 5.41) is 6.52. The van der Waals surface area contributed by atoms with Crippen molar-refractivity contribution in [2.75, 3.05) is 11.1 Å². The maximum Gasteiger partial charge on any atom is 0.298 e. The Bertz CT molecular complexity index is 1240. The van der Waals surface area contributed by atoms with Crippen molar-refractivity contribution >= 4 is 56.2 Å². The van der Waals surface area contributed by atoms with Crippen LogP contribution in [0.1, 0.15) is 31.7 Å². The van der Waals surface area contributed by atoms with Gasteiger partial charge in [0, 0.05) is 23.0 Å². The van der Waals surface area contributed by atoms with Gasteiger partial charge in [-0.1, -0.05) is 36.7 Å². The molecule has 0 radical (unpaired) electrons. The van der Waals surface area contributed by atoms with E-state index >= 15 is 0 Å². The quantitative estimate of drug-likeness (QED) is 0.375. The summed E-state index contributed by atoms with van der Waals surface area (Å²) in [6.07, 6.45) is 5.69. The van der Waals surface area contributed by atoms with E-state index < -0.39 is 0 Å². The number of amides is 1. The fraction of sp³-hybridized carbons (Fsp3) is 0.300. The van der Waals surface area contributed by atoms with Crippen LogP contribution < -0.4 is 10.9 Å². The van der Waals surface area contributed by atoms with Gasteiger partial charge in [-0.3, -0.25) is 14.2 Å². The Kier molecular flexibility index (Phi) is 4.84. The zero-order valence-electron chi connectivity index (χ0n) is 15.5. The number of nitrogens with one attached hydrogen (secondary N) is 1. The third kappa shape index (κ3) is 3.44. The molecule has 0 aliphatic heterocycles. The monoisotopic (exact) mass is 426 g/mol. The predicted molar refractivity (Wildman–Crippen MR) is 115 cm³/mol. The highest BCUT2D eigenvalue weighted by atomic mass is 32.2. The van der Waals surface area contributed by atoms with Gasteiger partial charge >= 0.3 is 0 Å². The summed E-state index contributed by atoms with van der Waals surface area (Å²) in [7, 11) is 0. The predicted octanol–water partition coefficient (Wildman–Crippen LogP) is 4.45. The third-order valence-corrected chi connectivity index (χ3v) is 6.74. The fourth-order valence-corrected chi connectivity index (χ4v) is 5.19. The number of benzene rings is 1. The lowest BCUT2D eigenvalue weighted by molar-refractivity contribution is -0.113. The maximum absolute atomic E-state index is 13.3. The summed E-state index contributed by atoms with van der Waals surface area (Å²) in [5.41, 5.74) is 1.33. The summed E-state index contributed by atoms with van der Waals surface area (Å²) >= 11 is 2.65. The lowest BCUT2D eigenvalue weighted by Crippen LogP contribution is -2.26. The number of carbonyl (C=O) groups excluding carboxylic acids is 1. The van der Waals surface area contributed by atoms with Crippen LogP contribution in [0.25, 0.3) is 22.1 Å². The van der Waals surface area contributed by atoms with Crippen LogP contribution in [-0.2, 0) is 4.79 Å². The number of thioether (sulfide) groups is 1. The van der Waals surface area contributed by atoms with Crippen molar-refractivity contribution in [1.29, 1.82) is 0 Å². The highest BCUT2D eigenvalue weighted by Crippen LogP contribution is 2.34. The lowest BCUT2D eigenvalue weighted by Gasteiger charge is -2.17. The molecule has 148 valence electrons. The first-order valence-corrected chi connectivity index (χ1v) is 11.3. The van der Waals surface area contributed by atoms with Crippen molar-refractivity contribution in [3.05, 3.63) is 46.2 Å². The average Bonchev–Trinajstić information content (AvgIpc) is 3.48. The van der Waals surface area contributed by atoms with E-state index in [0.29, 0.717) is 21.4 Å². The van der Waals surface area contributed by atoms with Gasteiger partial charge in [0.05, 0.1) is 5.75 Å². The maximum atomic E-state index is 13.3. The van der Waals surface area contributed by atoms with E-state index in [1.54, 1.807) is 16.1 Å². The molecular formula is C20H18N4O3S2. The first-order chi connectivity index (χ1) is 14.2. The van der Waals surface area contributed by atoms with Crippen LogP contribution in [0.4, 0.5) is 5.13 Å². The number of furan rings is 1. The van der Waals surface area contributed by atoms with Gasteiger partial charge in [0.25, 0.3) is 5.56 Å². The van der Waals surface area contributed by atoms with Crippen LogP contribution in [-0.4, -0.2) is 26.2 Å². The molecule has 0 spiro atoms. The molecule has 1 saturated carbocycles. The number of carbonyl (C=O) groups is 1. The van der Waals surface area contributed by atoms with E-state index in [0.717, 1.165) is 31.1 Å². The van der Waals surface area contributed by atoms with Gasteiger partial charge in [0.15, 0.2) is 10.3 Å². The van der Waals surface area contributed by atoms with Gasteiger partial charge in [0.2, 0.25) is 11.5 Å². The molecule has 1 aliphatic carbocycles. The van der Waals surface area contributed by atoms with Gasteiger partial charge in [-0.25, -0.2) is 9.97 Å². The van der Waals surface area contributed by atoms with Crippen LogP contribution in [0.15, 0.2) is 50.2 Å². The van der Waals surface area contributed by atoms with E-state index in [1.165, 1.54) is 23.1 Å². The number of hydrogen-bond donors (Lipinski definition) is 1. The first kappa shape index (κ1) is 18.4. The van der Waals surface area contributed by atoms with Crippen LogP contribution in [0.5, 0.6) is 0 Å². The number of rotatable bonds is 5. The molecule has 1 aromatic carbocycles. The van der Waals surface area contributed by atoms with Crippen molar-refractivity contribution in [3.8, 4) is 0 Å². The van der Waals surface area contributed by atoms with E-state index in [1.807, 2.05) is 24.3 Å². The molecule has 1 amide bonds. The molecule has 0 bridgehead atoms. The molecule has 0 atom stereocenters. The Morgan fingerprint density at radius 3 is 2.93 bits per heavy atom. The number of hydrogen-bond acceptors (Lipinski definition) is 7. The summed E-state index contributed by atoms with van der Waals surface area (Å²) in [4.78, 5) is 34.5. The number of aromatic nitrogens is 3. The van der Waals surface area contributed by atoms with Crippen molar-refractivity contribution in [3.63, 3.8) is 0 Å². The molecule has 4 aromatic rings. The lowest BCUT2D eigenvalue weighted by atomic mass is 10.2. The summed E-state index contributed by atoms with van der Waals surface area (Å²) in [6.45, 7) is 0. The van der Waals surface area contributed by atoms with Crippen molar-refractivity contribution in [2.24, 2.45) is 0 Å². The van der Waals surface area contributed by atoms with Gasteiger partial charge in [-0.05, 0) is 25.0 Å². The van der Waals surface area contributed by atoms with Gasteiger partial charge in [-0.2, -0.15) is 0 Å². The molecule has 0 saturated heterocycles. The topological polar surface area (TPSA) is 90.0 Å². The van der Waals surface area contributed by atoms with Crippen molar-refractivity contribution in [1.82, 2.24) is 14.5 Å². The fourth-order valence-electron chi connectivity index (χ4n) is 3.79. The minimum absolute atomic E-state index is 0.0946. The number of nitrogens with zero attached hydrogens (tertiary/aromatic N) is 3. The molecule has 7 nitrogen and oxygen atoms in total. The minimum atomic E-state index is -0.172. The van der Waals surface area contributed by atoms with Crippen LogP contribution in [0.3, 0.4) is 0 Å². The largest absolute Gasteiger partial charge is 0.448 e. The highest BCUT2D eigenvalue weighted by Gasteiger charge is 2.25. The smallest absolute Gasteiger partial charge is 0.298 e. The summed E-state index contributed by atoms with van der Waals surface area (Å²) in [6, 6.07) is 7.60. The second-order valence-electron chi connectivity index (χ2n) is 6.96. The Hall–Kier alpha value is -2.65. The molecule has 0 unspecified atom stereocenters. The van der Waals surface area contributed by atoms with Gasteiger partial charge in [0.1, 0.15) is 11.1 Å². The van der Waals surface area contributed by atoms with Crippen molar-refractivity contribution in [2.45, 2.75) is 36.9 Å². The van der Waals surface area contributed by atoms with Crippen LogP contribution >= 0.6 is 23.1 Å². The highest BCUT2D eigenvalue weighted by molar-refractivity contribution is 7.99. The molecule has 29 heavy (non-hydrogen) atoms. The first-order valence-electron chi connectivity index (χ1n) is 9.46. The second kappa shape index (κ2) is 7.64. The number of fused-ring (bicyclic) bond motifs is 3. The van der Waals surface area contributed by atoms with Crippen LogP contribution in [0.2, 0.25) is 0 Å². The standard InChI is InChI=1S/C20H18N4O3S2/c25-15(22-19-21-9-10-28-19)11-29-20-23-16-13-7-3-4-8-14(13)27-17(16)18(26)24(20)12-5-1-2-6-12/h3-4,7-10,12H,1-2,5-6,11H2,(H,21,22,25). The number of anilines is 1. The zero-order valence-corrected chi connectivity index (χ0v) is 17.1. The molecule has 5 rings (SSSR count). The molecule has 9 heteroatoms. The van der Waals surface area contributed by atoms with E-state index in [4.69, 9.17) is 9.40 Å². The summed E-state index contributed by atoms with van der Waals surface area (Å²) < 4.78 is 7.58.